The standard InChI is InChI=1S/C12H22N2O4/c1-10(2,3)18-9(17)12(6,7)14-13-11(4,5)8(15)16/h1-7H3,(H,15,16). The number of hydrogen-bond acceptors (Lipinski definition) is 5. The van der Waals surface area contributed by atoms with Gasteiger partial charge in [-0.25, -0.2) is 9.59 Å². The number of carboxylic acids is 1. The van der Waals surface area contributed by atoms with Crippen molar-refractivity contribution in [2.75, 3.05) is 0 Å². The molecule has 0 radical (unpaired) electrons. The molecule has 6 nitrogen and oxygen atoms in total. The molecule has 0 unspecified atom stereocenters. The van der Waals surface area contributed by atoms with Gasteiger partial charge in [-0.3, -0.25) is 0 Å². The number of carbonyl (C=O) groups excluding carboxylic acids is 1. The Morgan fingerprint density at radius 2 is 1.28 bits per heavy atom. The smallest absolute Gasteiger partial charge is 0.335 e. The first kappa shape index (κ1) is 16.5. The number of hydrogen-bond donors (Lipinski definition) is 1. The molecule has 6 heteroatoms. The summed E-state index contributed by atoms with van der Waals surface area (Å²) in [6, 6.07) is 0. The zero-order valence-corrected chi connectivity index (χ0v) is 12.1. The van der Waals surface area contributed by atoms with Crippen molar-refractivity contribution < 1.29 is 19.4 Å². The van der Waals surface area contributed by atoms with Crippen LogP contribution < -0.4 is 0 Å². The molecular formula is C12H22N2O4. The molecule has 0 saturated heterocycles. The van der Waals surface area contributed by atoms with E-state index in [0.29, 0.717) is 0 Å². The number of carbonyl (C=O) groups is 2. The summed E-state index contributed by atoms with van der Waals surface area (Å²) in [5.41, 5.74) is -3.19. The van der Waals surface area contributed by atoms with Gasteiger partial charge in [-0.05, 0) is 48.5 Å². The van der Waals surface area contributed by atoms with Crippen LogP contribution in [0.5, 0.6) is 0 Å². The molecule has 0 heterocycles. The zero-order valence-electron chi connectivity index (χ0n) is 12.1. The largest absolute Gasteiger partial charge is 0.479 e. The second kappa shape index (κ2) is 5.04. The Bertz CT molecular complexity index is 365. The van der Waals surface area contributed by atoms with Gasteiger partial charge in [-0.15, -0.1) is 0 Å². The van der Waals surface area contributed by atoms with Gasteiger partial charge in [0.25, 0.3) is 0 Å². The quantitative estimate of drug-likeness (QED) is 0.619. The highest BCUT2D eigenvalue weighted by Crippen LogP contribution is 2.20. The lowest BCUT2D eigenvalue weighted by molar-refractivity contribution is -0.160. The molecule has 0 aromatic heterocycles. The van der Waals surface area contributed by atoms with E-state index in [4.69, 9.17) is 9.84 Å². The van der Waals surface area contributed by atoms with E-state index in [-0.39, 0.29) is 0 Å². The minimum Gasteiger partial charge on any atom is -0.479 e. The van der Waals surface area contributed by atoms with Crippen LogP contribution in [0.2, 0.25) is 0 Å². The van der Waals surface area contributed by atoms with E-state index in [1.807, 2.05) is 0 Å². The number of aliphatic carboxylic acids is 1. The van der Waals surface area contributed by atoms with Crippen LogP contribution in [0.15, 0.2) is 10.2 Å². The summed E-state index contributed by atoms with van der Waals surface area (Å²) in [4.78, 5) is 22.7. The van der Waals surface area contributed by atoms with Crippen LogP contribution in [0.1, 0.15) is 48.5 Å². The van der Waals surface area contributed by atoms with Gasteiger partial charge in [0, 0.05) is 0 Å². The highest BCUT2D eigenvalue weighted by atomic mass is 16.6. The molecule has 0 spiro atoms. The topological polar surface area (TPSA) is 88.3 Å². The Hall–Kier alpha value is -1.46. The fraction of sp³-hybridized carbons (Fsp3) is 0.833. The summed E-state index contributed by atoms with van der Waals surface area (Å²) >= 11 is 0. The zero-order chi connectivity index (χ0) is 14.8. The summed E-state index contributed by atoms with van der Waals surface area (Å²) in [5, 5.41) is 16.4. The van der Waals surface area contributed by atoms with Crippen molar-refractivity contribution in [3.63, 3.8) is 0 Å². The molecular weight excluding hydrogens is 236 g/mol. The molecule has 0 aliphatic carbocycles. The summed E-state index contributed by atoms with van der Waals surface area (Å²) in [7, 11) is 0. The van der Waals surface area contributed by atoms with Crippen LogP contribution in [-0.4, -0.2) is 33.7 Å². The third-order valence-electron chi connectivity index (χ3n) is 1.97. The van der Waals surface area contributed by atoms with Crippen LogP contribution in [0, 0.1) is 0 Å². The fourth-order valence-corrected chi connectivity index (χ4v) is 0.737. The highest BCUT2D eigenvalue weighted by molar-refractivity contribution is 5.80. The number of ether oxygens (including phenoxy) is 1. The van der Waals surface area contributed by atoms with Crippen LogP contribution in [-0.2, 0) is 14.3 Å². The van der Waals surface area contributed by atoms with Crippen molar-refractivity contribution >= 4 is 11.9 Å². The van der Waals surface area contributed by atoms with Crippen LogP contribution in [0.3, 0.4) is 0 Å². The molecule has 0 amide bonds. The molecule has 0 rings (SSSR count). The lowest BCUT2D eigenvalue weighted by Crippen LogP contribution is -2.38. The van der Waals surface area contributed by atoms with E-state index in [0.717, 1.165) is 0 Å². The third-order valence-corrected chi connectivity index (χ3v) is 1.97. The molecule has 104 valence electrons. The monoisotopic (exact) mass is 258 g/mol. The van der Waals surface area contributed by atoms with Crippen molar-refractivity contribution in [1.82, 2.24) is 0 Å². The predicted octanol–water partition coefficient (Wildman–Crippen LogP) is 2.42. The summed E-state index contributed by atoms with van der Waals surface area (Å²) < 4.78 is 5.19. The second-order valence-corrected chi connectivity index (χ2v) is 6.13. The van der Waals surface area contributed by atoms with Gasteiger partial charge in [0.2, 0.25) is 0 Å². The fourth-order valence-electron chi connectivity index (χ4n) is 0.737. The molecule has 1 N–H and O–H groups in total. The van der Waals surface area contributed by atoms with Crippen LogP contribution in [0.4, 0.5) is 0 Å². The molecule has 18 heavy (non-hydrogen) atoms. The number of rotatable bonds is 4. The molecule has 0 aliphatic rings. The van der Waals surface area contributed by atoms with Gasteiger partial charge < -0.3 is 9.84 Å². The van der Waals surface area contributed by atoms with Crippen molar-refractivity contribution in [2.45, 2.75) is 65.1 Å². The van der Waals surface area contributed by atoms with Gasteiger partial charge in [-0.2, -0.15) is 10.2 Å². The molecule has 0 fully saturated rings. The predicted molar refractivity (Wildman–Crippen MR) is 66.5 cm³/mol. The van der Waals surface area contributed by atoms with Crippen molar-refractivity contribution in [1.29, 1.82) is 0 Å². The van der Waals surface area contributed by atoms with E-state index >= 15 is 0 Å². The van der Waals surface area contributed by atoms with Crippen LogP contribution >= 0.6 is 0 Å². The van der Waals surface area contributed by atoms with E-state index in [2.05, 4.69) is 10.2 Å². The molecule has 0 saturated carbocycles. The average Bonchev–Trinajstić information content (AvgIpc) is 2.12. The first-order chi connectivity index (χ1) is 7.78. The SMILES string of the molecule is CC(C)(C)OC(=O)C(C)(C)N=NC(C)(C)C(=O)O. The summed E-state index contributed by atoms with van der Waals surface area (Å²) in [6.45, 7) is 11.1. The molecule has 0 aromatic carbocycles. The Kier molecular flexibility index (Phi) is 4.63. The van der Waals surface area contributed by atoms with Crippen molar-refractivity contribution in [2.24, 2.45) is 10.2 Å². The lowest BCUT2D eigenvalue weighted by atomic mass is 10.1. The average molecular weight is 258 g/mol. The van der Waals surface area contributed by atoms with Gasteiger partial charge >= 0.3 is 11.9 Å². The third kappa shape index (κ3) is 5.25. The maximum absolute atomic E-state index is 11.8. The minimum atomic E-state index is -1.36. The Morgan fingerprint density at radius 3 is 1.61 bits per heavy atom. The van der Waals surface area contributed by atoms with E-state index in [1.54, 1.807) is 20.8 Å². The maximum atomic E-state index is 11.8. The van der Waals surface area contributed by atoms with Gasteiger partial charge in [0.1, 0.15) is 5.60 Å². The van der Waals surface area contributed by atoms with Crippen molar-refractivity contribution in [3.05, 3.63) is 0 Å². The molecule has 0 aliphatic heterocycles. The first-order valence-electron chi connectivity index (χ1n) is 5.69. The number of esters is 1. The van der Waals surface area contributed by atoms with Gasteiger partial charge in [-0.1, -0.05) is 0 Å². The minimum absolute atomic E-state index is 0.542. The summed E-state index contributed by atoms with van der Waals surface area (Å²) in [5.74, 6) is -1.65. The molecule has 0 bridgehead atoms. The molecule has 0 atom stereocenters. The molecule has 0 aromatic rings. The van der Waals surface area contributed by atoms with Gasteiger partial charge in [0.05, 0.1) is 0 Å². The first-order valence-corrected chi connectivity index (χ1v) is 5.69. The highest BCUT2D eigenvalue weighted by Gasteiger charge is 2.35. The van der Waals surface area contributed by atoms with E-state index < -0.39 is 28.6 Å². The number of nitrogens with zero attached hydrogens (tertiary/aromatic N) is 2. The van der Waals surface area contributed by atoms with Crippen LogP contribution in [0.25, 0.3) is 0 Å². The maximum Gasteiger partial charge on any atom is 0.335 e. The summed E-state index contributed by atoms with van der Waals surface area (Å²) in [6.07, 6.45) is 0. The Morgan fingerprint density at radius 1 is 0.889 bits per heavy atom. The second-order valence-electron chi connectivity index (χ2n) is 6.13. The van der Waals surface area contributed by atoms with E-state index in [1.165, 1.54) is 27.7 Å². The van der Waals surface area contributed by atoms with Gasteiger partial charge in [0.15, 0.2) is 11.1 Å². The van der Waals surface area contributed by atoms with Crippen molar-refractivity contribution in [3.8, 4) is 0 Å². The number of carboxylic acid groups (broad SMARTS) is 1. The Labute approximate surface area is 107 Å². The number of azo groups is 1. The Balaban J connectivity index is 4.91. The normalized spacial score (nSPS) is 13.7. The lowest BCUT2D eigenvalue weighted by Gasteiger charge is -2.25. The van der Waals surface area contributed by atoms with E-state index in [9.17, 15) is 9.59 Å².